The van der Waals surface area contributed by atoms with Crippen molar-refractivity contribution in [2.75, 3.05) is 4.31 Å². The first-order chi connectivity index (χ1) is 9.51. The minimum absolute atomic E-state index is 0.251. The van der Waals surface area contributed by atoms with Crippen LogP contribution in [0, 0.1) is 5.82 Å². The Bertz CT molecular complexity index is 761. The summed E-state index contributed by atoms with van der Waals surface area (Å²) in [6.45, 7) is 1.80. The molecular weight excluding hydrogens is 279 g/mol. The Morgan fingerprint density at radius 1 is 1.25 bits per heavy atom. The van der Waals surface area contributed by atoms with Gasteiger partial charge in [-0.3, -0.25) is 4.31 Å². The number of hydrogen-bond acceptors (Lipinski definition) is 3. The summed E-state index contributed by atoms with van der Waals surface area (Å²) in [5.41, 5.74) is 1.55. The lowest BCUT2D eigenvalue weighted by Crippen LogP contribution is -2.36. The Balaban J connectivity index is 2.16. The van der Waals surface area contributed by atoms with Crippen molar-refractivity contribution in [3.05, 3.63) is 54.0 Å². The van der Waals surface area contributed by atoms with Crippen LogP contribution in [-0.4, -0.2) is 19.4 Å². The van der Waals surface area contributed by atoms with Crippen molar-refractivity contribution >= 4 is 15.7 Å². The number of aromatic nitrogens is 1. The maximum Gasteiger partial charge on any atom is 0.285 e. The molecule has 0 amide bonds. The lowest BCUT2D eigenvalue weighted by molar-refractivity contribution is 0.547. The Kier molecular flexibility index (Phi) is 2.97. The number of sulfonamides is 1. The fraction of sp³-hybridized carbons (Fsp3) is 0.214. The summed E-state index contributed by atoms with van der Waals surface area (Å²) in [4.78, 5) is 3.70. The predicted molar refractivity (Wildman–Crippen MR) is 73.5 cm³/mol. The molecule has 1 atom stereocenters. The van der Waals surface area contributed by atoms with Gasteiger partial charge in [-0.25, -0.2) is 9.37 Å². The zero-order valence-corrected chi connectivity index (χ0v) is 11.6. The highest BCUT2D eigenvalue weighted by molar-refractivity contribution is 7.92. The third-order valence-corrected chi connectivity index (χ3v) is 5.24. The van der Waals surface area contributed by atoms with E-state index in [1.165, 1.54) is 16.6 Å². The van der Waals surface area contributed by atoms with Gasteiger partial charge in [-0.05, 0) is 37.1 Å². The van der Waals surface area contributed by atoms with Gasteiger partial charge in [-0.1, -0.05) is 18.2 Å². The molecule has 0 saturated carbocycles. The first kappa shape index (κ1) is 13.1. The van der Waals surface area contributed by atoms with Gasteiger partial charge >= 0.3 is 0 Å². The van der Waals surface area contributed by atoms with Crippen LogP contribution in [0.3, 0.4) is 0 Å². The fourth-order valence-electron chi connectivity index (χ4n) is 2.56. The van der Waals surface area contributed by atoms with Gasteiger partial charge in [0.1, 0.15) is 0 Å². The third kappa shape index (κ3) is 1.87. The van der Waals surface area contributed by atoms with E-state index in [1.54, 1.807) is 19.1 Å². The first-order valence-electron chi connectivity index (χ1n) is 6.24. The van der Waals surface area contributed by atoms with E-state index < -0.39 is 20.9 Å². The molecule has 6 heteroatoms. The number of benzene rings is 1. The Labute approximate surface area is 116 Å². The second kappa shape index (κ2) is 4.56. The molecule has 0 spiro atoms. The van der Waals surface area contributed by atoms with Crippen molar-refractivity contribution in [1.29, 1.82) is 0 Å². The van der Waals surface area contributed by atoms with E-state index in [0.29, 0.717) is 12.1 Å². The molecule has 1 aliphatic heterocycles. The van der Waals surface area contributed by atoms with E-state index in [9.17, 15) is 12.8 Å². The highest BCUT2D eigenvalue weighted by atomic mass is 32.2. The van der Waals surface area contributed by atoms with Crippen LogP contribution in [0.4, 0.5) is 10.1 Å². The highest BCUT2D eigenvalue weighted by Gasteiger charge is 2.37. The van der Waals surface area contributed by atoms with Crippen LogP contribution in [0.5, 0.6) is 0 Å². The predicted octanol–water partition coefficient (Wildman–Crippen LogP) is 2.36. The molecule has 1 aromatic carbocycles. The lowest BCUT2D eigenvalue weighted by Gasteiger charge is -2.23. The van der Waals surface area contributed by atoms with Gasteiger partial charge in [-0.2, -0.15) is 8.42 Å². The molecule has 0 aliphatic carbocycles. The maximum absolute atomic E-state index is 13.8. The molecule has 104 valence electrons. The molecule has 4 nitrogen and oxygen atoms in total. The molecule has 0 saturated heterocycles. The van der Waals surface area contributed by atoms with E-state index in [2.05, 4.69) is 4.98 Å². The first-order valence-corrected chi connectivity index (χ1v) is 7.68. The summed E-state index contributed by atoms with van der Waals surface area (Å²) >= 11 is 0. The highest BCUT2D eigenvalue weighted by Crippen LogP contribution is 2.36. The van der Waals surface area contributed by atoms with Crippen LogP contribution < -0.4 is 4.31 Å². The van der Waals surface area contributed by atoms with Crippen LogP contribution in [0.15, 0.2) is 47.6 Å². The number of fused-ring (bicyclic) bond motifs is 1. The Hall–Kier alpha value is -1.95. The number of anilines is 1. The van der Waals surface area contributed by atoms with E-state index in [-0.39, 0.29) is 6.04 Å². The fourth-order valence-corrected chi connectivity index (χ4v) is 4.24. The number of pyridine rings is 1. The van der Waals surface area contributed by atoms with Crippen molar-refractivity contribution in [2.45, 2.75) is 24.4 Å². The molecule has 1 aromatic heterocycles. The Morgan fingerprint density at radius 3 is 2.75 bits per heavy atom. The molecule has 0 bridgehead atoms. The smallest absolute Gasteiger partial charge is 0.262 e. The van der Waals surface area contributed by atoms with Gasteiger partial charge < -0.3 is 0 Å². The third-order valence-electron chi connectivity index (χ3n) is 3.37. The number of hydrogen-bond donors (Lipinski definition) is 0. The van der Waals surface area contributed by atoms with Gasteiger partial charge in [0.25, 0.3) is 10.0 Å². The van der Waals surface area contributed by atoms with Crippen LogP contribution >= 0.6 is 0 Å². The average molecular weight is 292 g/mol. The van der Waals surface area contributed by atoms with Crippen LogP contribution in [0.2, 0.25) is 0 Å². The molecule has 2 aromatic rings. The van der Waals surface area contributed by atoms with Crippen molar-refractivity contribution in [2.24, 2.45) is 0 Å². The van der Waals surface area contributed by atoms with Crippen molar-refractivity contribution in [3.63, 3.8) is 0 Å². The normalized spacial score (nSPS) is 18.1. The van der Waals surface area contributed by atoms with Gasteiger partial charge in [0, 0.05) is 12.2 Å². The maximum atomic E-state index is 13.8. The monoisotopic (exact) mass is 292 g/mol. The second-order valence-electron chi connectivity index (χ2n) is 4.77. The minimum Gasteiger partial charge on any atom is -0.262 e. The van der Waals surface area contributed by atoms with Crippen LogP contribution in [0.25, 0.3) is 0 Å². The molecule has 3 rings (SSSR count). The SMILES string of the molecule is CC1Cc2ccccc2N1S(=O)(=O)c1ncccc1F. The molecule has 2 heterocycles. The van der Waals surface area contributed by atoms with Gasteiger partial charge in [0.15, 0.2) is 5.82 Å². The average Bonchev–Trinajstić information content (AvgIpc) is 2.75. The summed E-state index contributed by atoms with van der Waals surface area (Å²) < 4.78 is 40.3. The minimum atomic E-state index is -3.98. The van der Waals surface area contributed by atoms with E-state index >= 15 is 0 Å². The van der Waals surface area contributed by atoms with Gasteiger partial charge in [0.2, 0.25) is 5.03 Å². The zero-order valence-electron chi connectivity index (χ0n) is 10.8. The second-order valence-corrected chi connectivity index (χ2v) is 6.50. The van der Waals surface area contributed by atoms with Crippen LogP contribution in [-0.2, 0) is 16.4 Å². The molecule has 0 radical (unpaired) electrons. The van der Waals surface area contributed by atoms with Crippen molar-refractivity contribution in [3.8, 4) is 0 Å². The molecule has 1 unspecified atom stereocenters. The number of nitrogens with zero attached hydrogens (tertiary/aromatic N) is 2. The van der Waals surface area contributed by atoms with Gasteiger partial charge in [-0.15, -0.1) is 0 Å². The standard InChI is InChI=1S/C14H13FN2O2S/c1-10-9-11-5-2-3-7-13(11)17(10)20(18,19)14-12(15)6-4-8-16-14/h2-8,10H,9H2,1H3. The van der Waals surface area contributed by atoms with Crippen molar-refractivity contribution in [1.82, 2.24) is 4.98 Å². The summed E-state index contributed by atoms with van der Waals surface area (Å²) in [6, 6.07) is 9.48. The number of rotatable bonds is 2. The molecular formula is C14H13FN2O2S. The largest absolute Gasteiger partial charge is 0.285 e. The number of para-hydroxylation sites is 1. The summed E-state index contributed by atoms with van der Waals surface area (Å²) in [5.74, 6) is -0.830. The van der Waals surface area contributed by atoms with E-state index in [4.69, 9.17) is 0 Å². The summed E-state index contributed by atoms with van der Waals surface area (Å²) in [7, 11) is -3.98. The lowest BCUT2D eigenvalue weighted by atomic mass is 10.1. The summed E-state index contributed by atoms with van der Waals surface area (Å²) in [6.07, 6.45) is 1.90. The summed E-state index contributed by atoms with van der Waals surface area (Å²) in [5, 5.41) is -0.524. The van der Waals surface area contributed by atoms with Gasteiger partial charge in [0.05, 0.1) is 5.69 Å². The molecule has 20 heavy (non-hydrogen) atoms. The van der Waals surface area contributed by atoms with E-state index in [0.717, 1.165) is 11.6 Å². The number of halogens is 1. The quantitative estimate of drug-likeness (QED) is 0.854. The zero-order chi connectivity index (χ0) is 14.3. The van der Waals surface area contributed by atoms with Crippen molar-refractivity contribution < 1.29 is 12.8 Å². The topological polar surface area (TPSA) is 50.3 Å². The van der Waals surface area contributed by atoms with E-state index in [1.807, 2.05) is 12.1 Å². The Morgan fingerprint density at radius 2 is 2.00 bits per heavy atom. The molecule has 1 aliphatic rings. The van der Waals surface area contributed by atoms with Crippen LogP contribution in [0.1, 0.15) is 12.5 Å². The molecule has 0 N–H and O–H groups in total. The molecule has 0 fully saturated rings.